The monoisotopic (exact) mass is 411 g/mol. The molecule has 3 aliphatic rings. The largest absolute Gasteiger partial charge is 0.351 e. The smallest absolute Gasteiger partial charge is 0.255 e. The van der Waals surface area contributed by atoms with Crippen molar-refractivity contribution in [1.29, 1.82) is 0 Å². The number of likely N-dealkylation sites (tertiary alicyclic amines) is 1. The topological polar surface area (TPSA) is 52.7 Å². The third-order valence-electron chi connectivity index (χ3n) is 7.08. The summed E-state index contributed by atoms with van der Waals surface area (Å²) in [5.74, 6) is 0.0268. The summed E-state index contributed by atoms with van der Waals surface area (Å²) in [6, 6.07) is 7.45. The van der Waals surface area contributed by atoms with Gasteiger partial charge in [0, 0.05) is 18.2 Å². The van der Waals surface area contributed by atoms with E-state index in [1.54, 1.807) is 0 Å². The highest BCUT2D eigenvalue weighted by atomic mass is 16.2. The summed E-state index contributed by atoms with van der Waals surface area (Å²) in [7, 11) is 0. The molecule has 0 spiro atoms. The summed E-state index contributed by atoms with van der Waals surface area (Å²) >= 11 is 0. The second-order valence-electron chi connectivity index (χ2n) is 9.29. The van der Waals surface area contributed by atoms with Crippen molar-refractivity contribution < 1.29 is 9.59 Å². The molecule has 4 rings (SSSR count). The van der Waals surface area contributed by atoms with Crippen LogP contribution < -0.4 is 5.32 Å². The van der Waals surface area contributed by atoms with Crippen molar-refractivity contribution in [2.45, 2.75) is 82.7 Å². The first-order valence-electron chi connectivity index (χ1n) is 12.2. The Labute approximate surface area is 181 Å². The lowest BCUT2D eigenvalue weighted by atomic mass is 9.96. The molecule has 1 N–H and O–H groups in total. The Kier molecular flexibility index (Phi) is 7.42. The Balaban J connectivity index is 1.42. The molecule has 5 nitrogen and oxygen atoms in total. The summed E-state index contributed by atoms with van der Waals surface area (Å²) in [6.07, 6.45) is 13.1. The van der Waals surface area contributed by atoms with Gasteiger partial charge in [0.2, 0.25) is 5.91 Å². The normalized spacial score (nSPS) is 23.7. The van der Waals surface area contributed by atoms with Gasteiger partial charge in [0.05, 0.1) is 0 Å². The Morgan fingerprint density at radius 2 is 1.57 bits per heavy atom. The molecule has 2 aliphatic heterocycles. The molecule has 2 amide bonds. The van der Waals surface area contributed by atoms with Crippen LogP contribution in [0.4, 0.5) is 0 Å². The molecule has 1 aromatic rings. The summed E-state index contributed by atoms with van der Waals surface area (Å²) in [5, 5.41) is 3.32. The number of rotatable bonds is 6. The van der Waals surface area contributed by atoms with Gasteiger partial charge in [-0.25, -0.2) is 0 Å². The molecule has 0 bridgehead atoms. The maximum Gasteiger partial charge on any atom is 0.255 e. The second-order valence-corrected chi connectivity index (χ2v) is 9.29. The number of hydrogen-bond donors (Lipinski definition) is 1. The summed E-state index contributed by atoms with van der Waals surface area (Å²) in [5.41, 5.74) is 1.58. The van der Waals surface area contributed by atoms with Gasteiger partial charge in [-0.1, -0.05) is 56.7 Å². The van der Waals surface area contributed by atoms with Gasteiger partial charge in [-0.3, -0.25) is 9.59 Å². The highest BCUT2D eigenvalue weighted by molar-refractivity contribution is 6.04. The van der Waals surface area contributed by atoms with Gasteiger partial charge in [0.15, 0.2) is 0 Å². The highest BCUT2D eigenvalue weighted by Crippen LogP contribution is 2.34. The maximum atomic E-state index is 13.4. The number of piperidine rings is 1. The predicted octanol–water partition coefficient (Wildman–Crippen LogP) is 4.29. The molecule has 5 heteroatoms. The molecule has 0 unspecified atom stereocenters. The van der Waals surface area contributed by atoms with Gasteiger partial charge in [-0.15, -0.1) is 0 Å². The van der Waals surface area contributed by atoms with E-state index in [0.717, 1.165) is 31.4 Å². The van der Waals surface area contributed by atoms with Gasteiger partial charge in [0.1, 0.15) is 6.04 Å². The van der Waals surface area contributed by atoms with Crippen LogP contribution in [0.15, 0.2) is 24.3 Å². The van der Waals surface area contributed by atoms with Crippen molar-refractivity contribution in [2.24, 2.45) is 0 Å². The van der Waals surface area contributed by atoms with Crippen LogP contribution in [-0.2, 0) is 4.79 Å². The second kappa shape index (κ2) is 10.4. The lowest BCUT2D eigenvalue weighted by Crippen LogP contribution is -2.44. The van der Waals surface area contributed by atoms with Crippen LogP contribution in [0.3, 0.4) is 0 Å². The van der Waals surface area contributed by atoms with Crippen LogP contribution in [0.1, 0.15) is 92.6 Å². The number of nitrogens with zero attached hydrogens (tertiary/aromatic N) is 2. The van der Waals surface area contributed by atoms with Crippen LogP contribution in [-0.4, -0.2) is 53.8 Å². The fourth-order valence-corrected chi connectivity index (χ4v) is 5.41. The molecule has 1 saturated carbocycles. The Bertz CT molecular complexity index is 721. The van der Waals surface area contributed by atoms with E-state index in [2.05, 4.69) is 10.2 Å². The van der Waals surface area contributed by atoms with Gasteiger partial charge < -0.3 is 15.1 Å². The number of carbonyl (C=O) groups is 2. The zero-order valence-corrected chi connectivity index (χ0v) is 18.3. The fraction of sp³-hybridized carbons (Fsp3) is 0.680. The van der Waals surface area contributed by atoms with Crippen molar-refractivity contribution in [1.82, 2.24) is 15.1 Å². The van der Waals surface area contributed by atoms with Gasteiger partial charge >= 0.3 is 0 Å². The molecule has 2 fully saturated rings. The fourth-order valence-electron chi connectivity index (χ4n) is 5.41. The minimum Gasteiger partial charge on any atom is -0.351 e. The van der Waals surface area contributed by atoms with Gasteiger partial charge in [-0.05, 0) is 63.4 Å². The lowest BCUT2D eigenvalue weighted by Gasteiger charge is -2.30. The predicted molar refractivity (Wildman–Crippen MR) is 119 cm³/mol. The summed E-state index contributed by atoms with van der Waals surface area (Å²) < 4.78 is 0. The molecule has 0 radical (unpaired) electrons. The Morgan fingerprint density at radius 1 is 0.900 bits per heavy atom. The van der Waals surface area contributed by atoms with E-state index in [4.69, 9.17) is 0 Å². The van der Waals surface area contributed by atoms with E-state index in [1.165, 1.54) is 64.5 Å². The Hall–Kier alpha value is -1.88. The average molecular weight is 412 g/mol. The highest BCUT2D eigenvalue weighted by Gasteiger charge is 2.41. The zero-order chi connectivity index (χ0) is 20.8. The third kappa shape index (κ3) is 5.05. The van der Waals surface area contributed by atoms with Crippen molar-refractivity contribution >= 4 is 11.8 Å². The van der Waals surface area contributed by atoms with E-state index in [9.17, 15) is 9.59 Å². The van der Waals surface area contributed by atoms with Gasteiger partial charge in [0.25, 0.3) is 5.91 Å². The summed E-state index contributed by atoms with van der Waals surface area (Å²) in [6.45, 7) is 3.99. The Morgan fingerprint density at radius 3 is 2.33 bits per heavy atom. The van der Waals surface area contributed by atoms with Crippen LogP contribution in [0.25, 0.3) is 0 Å². The molecular formula is C25H37N3O2. The molecule has 1 atom stereocenters. The zero-order valence-electron chi connectivity index (χ0n) is 18.3. The molecule has 2 heterocycles. The van der Waals surface area contributed by atoms with E-state index in [1.807, 2.05) is 29.2 Å². The minimum absolute atomic E-state index is 0.0110. The molecule has 164 valence electrons. The molecule has 1 saturated heterocycles. The van der Waals surface area contributed by atoms with E-state index < -0.39 is 6.04 Å². The number of benzene rings is 1. The number of nitrogens with one attached hydrogen (secondary N) is 1. The van der Waals surface area contributed by atoms with Crippen molar-refractivity contribution in [3.63, 3.8) is 0 Å². The van der Waals surface area contributed by atoms with Gasteiger partial charge in [-0.2, -0.15) is 0 Å². The first-order valence-corrected chi connectivity index (χ1v) is 12.2. The van der Waals surface area contributed by atoms with Crippen LogP contribution in [0, 0.1) is 0 Å². The van der Waals surface area contributed by atoms with Crippen molar-refractivity contribution in [3.8, 4) is 0 Å². The number of fused-ring (bicyclic) bond motifs is 1. The number of carbonyl (C=O) groups excluding carboxylic acids is 2. The first-order chi connectivity index (χ1) is 14.7. The van der Waals surface area contributed by atoms with Crippen LogP contribution in [0.5, 0.6) is 0 Å². The van der Waals surface area contributed by atoms with E-state index in [0.29, 0.717) is 12.1 Å². The van der Waals surface area contributed by atoms with Crippen LogP contribution in [0.2, 0.25) is 0 Å². The molecule has 1 aliphatic carbocycles. The SMILES string of the molecule is O=C(NC1CCCCCCC1)[C@H]1c2ccccc2C(=O)N1CCCN1CCCCC1. The quantitative estimate of drug-likeness (QED) is 0.760. The van der Waals surface area contributed by atoms with Crippen molar-refractivity contribution in [2.75, 3.05) is 26.2 Å². The van der Waals surface area contributed by atoms with Crippen LogP contribution >= 0.6 is 0 Å². The van der Waals surface area contributed by atoms with E-state index in [-0.39, 0.29) is 17.9 Å². The third-order valence-corrected chi connectivity index (χ3v) is 7.08. The average Bonchev–Trinajstić information content (AvgIpc) is 3.03. The summed E-state index contributed by atoms with van der Waals surface area (Å²) in [4.78, 5) is 30.8. The molecular weight excluding hydrogens is 374 g/mol. The minimum atomic E-state index is -0.472. The maximum absolute atomic E-state index is 13.4. The standard InChI is InChI=1S/C25H37N3O2/c29-24(26-20-12-5-2-1-3-6-13-20)23-21-14-7-8-15-22(21)25(30)28(23)19-11-18-27-16-9-4-10-17-27/h7-8,14-15,20,23H,1-6,9-13,16-19H2,(H,26,29)/t23-/m1/s1. The molecule has 0 aromatic heterocycles. The molecule has 1 aromatic carbocycles. The number of hydrogen-bond acceptors (Lipinski definition) is 3. The van der Waals surface area contributed by atoms with Crippen molar-refractivity contribution in [3.05, 3.63) is 35.4 Å². The lowest BCUT2D eigenvalue weighted by molar-refractivity contribution is -0.126. The van der Waals surface area contributed by atoms with E-state index >= 15 is 0 Å². The molecule has 30 heavy (non-hydrogen) atoms. The number of amides is 2. The first kappa shape index (κ1) is 21.4.